The highest BCUT2D eigenvalue weighted by molar-refractivity contribution is 7.92. The van der Waals surface area contributed by atoms with Gasteiger partial charge in [-0.25, -0.2) is 8.42 Å². The zero-order chi connectivity index (χ0) is 25.1. The number of amides is 1. The highest BCUT2D eigenvalue weighted by Crippen LogP contribution is 2.31. The third-order valence-corrected chi connectivity index (χ3v) is 6.92. The number of sulfonamides is 1. The van der Waals surface area contributed by atoms with Crippen LogP contribution in [0.2, 0.25) is 0 Å². The van der Waals surface area contributed by atoms with Crippen LogP contribution in [-0.2, 0) is 20.2 Å². The van der Waals surface area contributed by atoms with Gasteiger partial charge in [-0.05, 0) is 52.8 Å². The summed E-state index contributed by atoms with van der Waals surface area (Å²) < 4.78 is 34.3. The van der Waals surface area contributed by atoms with Crippen molar-refractivity contribution < 1.29 is 17.9 Å². The summed E-state index contributed by atoms with van der Waals surface area (Å²) >= 11 is 0. The topological polar surface area (TPSA) is 84.5 Å². The van der Waals surface area contributed by atoms with E-state index in [1.165, 1.54) is 12.1 Å². The molecule has 0 aliphatic carbocycles. The van der Waals surface area contributed by atoms with Gasteiger partial charge in [0.15, 0.2) is 6.61 Å². The quantitative estimate of drug-likeness (QED) is 0.336. The molecule has 0 heterocycles. The Kier molecular flexibility index (Phi) is 6.80. The molecule has 2 N–H and O–H groups in total. The first kappa shape index (κ1) is 24.3. The summed E-state index contributed by atoms with van der Waals surface area (Å²) in [5, 5.41) is 4.50. The number of benzene rings is 4. The highest BCUT2D eigenvalue weighted by Gasteiger charge is 2.19. The second-order valence-electron chi connectivity index (χ2n) is 9.24. The van der Waals surface area contributed by atoms with Crippen LogP contribution in [0, 0.1) is 0 Å². The first-order valence-corrected chi connectivity index (χ1v) is 12.7. The molecule has 0 spiro atoms. The number of hydrogen-bond acceptors (Lipinski definition) is 4. The van der Waals surface area contributed by atoms with E-state index in [1.807, 2.05) is 54.6 Å². The van der Waals surface area contributed by atoms with Crippen molar-refractivity contribution in [1.29, 1.82) is 0 Å². The molecule has 4 aromatic carbocycles. The molecule has 0 aromatic heterocycles. The molecule has 0 aliphatic rings. The van der Waals surface area contributed by atoms with Crippen molar-refractivity contribution in [2.24, 2.45) is 0 Å². The Hall–Kier alpha value is -3.84. The lowest BCUT2D eigenvalue weighted by Crippen LogP contribution is -2.22. The van der Waals surface area contributed by atoms with E-state index in [2.05, 4.69) is 30.8 Å². The van der Waals surface area contributed by atoms with Crippen molar-refractivity contribution in [1.82, 2.24) is 0 Å². The molecule has 0 unspecified atom stereocenters. The fourth-order valence-electron chi connectivity index (χ4n) is 3.79. The van der Waals surface area contributed by atoms with Gasteiger partial charge < -0.3 is 10.1 Å². The van der Waals surface area contributed by atoms with Crippen LogP contribution in [0.5, 0.6) is 5.75 Å². The molecule has 4 rings (SSSR count). The maximum absolute atomic E-state index is 12.9. The standard InChI is InChI=1S/C28H28N2O4S/c1-28(2,3)24-12-6-7-14-26(24)34-19-27(31)29-21-15-17-22(18-16-21)35(32,33)30-25-13-8-10-20-9-4-5-11-23(20)25/h4-18,30H,19H2,1-3H3,(H,29,31). The molecule has 0 radical (unpaired) electrons. The molecule has 4 aromatic rings. The second kappa shape index (κ2) is 9.80. The summed E-state index contributed by atoms with van der Waals surface area (Å²) in [5.41, 5.74) is 1.88. The van der Waals surface area contributed by atoms with Crippen molar-refractivity contribution in [2.45, 2.75) is 31.1 Å². The van der Waals surface area contributed by atoms with E-state index >= 15 is 0 Å². The molecule has 0 atom stereocenters. The van der Waals surface area contributed by atoms with Gasteiger partial charge in [-0.3, -0.25) is 9.52 Å². The molecule has 35 heavy (non-hydrogen) atoms. The molecule has 7 heteroatoms. The molecule has 0 fully saturated rings. The lowest BCUT2D eigenvalue weighted by molar-refractivity contribution is -0.118. The molecule has 6 nitrogen and oxygen atoms in total. The Morgan fingerprint density at radius 3 is 2.23 bits per heavy atom. The number of rotatable bonds is 7. The monoisotopic (exact) mass is 488 g/mol. The van der Waals surface area contributed by atoms with E-state index < -0.39 is 10.0 Å². The van der Waals surface area contributed by atoms with Crippen molar-refractivity contribution in [3.8, 4) is 5.75 Å². The summed E-state index contributed by atoms with van der Waals surface area (Å²) in [6, 6.07) is 26.7. The number of nitrogens with one attached hydrogen (secondary N) is 2. The smallest absolute Gasteiger partial charge is 0.262 e. The Bertz CT molecular complexity index is 1450. The van der Waals surface area contributed by atoms with Gasteiger partial charge in [-0.15, -0.1) is 0 Å². The van der Waals surface area contributed by atoms with Crippen molar-refractivity contribution in [3.05, 3.63) is 96.6 Å². The summed E-state index contributed by atoms with van der Waals surface area (Å²) in [4.78, 5) is 12.5. The summed E-state index contributed by atoms with van der Waals surface area (Å²) in [6.07, 6.45) is 0. The van der Waals surface area contributed by atoms with E-state index in [0.29, 0.717) is 17.1 Å². The van der Waals surface area contributed by atoms with Crippen LogP contribution < -0.4 is 14.8 Å². The van der Waals surface area contributed by atoms with Crippen molar-refractivity contribution in [2.75, 3.05) is 16.6 Å². The first-order valence-electron chi connectivity index (χ1n) is 11.3. The van der Waals surface area contributed by atoms with Crippen LogP contribution in [0.1, 0.15) is 26.3 Å². The van der Waals surface area contributed by atoms with Crippen LogP contribution in [0.3, 0.4) is 0 Å². The minimum absolute atomic E-state index is 0.0961. The van der Waals surface area contributed by atoms with Gasteiger partial charge in [0, 0.05) is 11.1 Å². The zero-order valence-electron chi connectivity index (χ0n) is 19.9. The number of fused-ring (bicyclic) bond motifs is 1. The number of ether oxygens (including phenoxy) is 1. The maximum Gasteiger partial charge on any atom is 0.262 e. The van der Waals surface area contributed by atoms with Crippen LogP contribution in [0.25, 0.3) is 10.8 Å². The van der Waals surface area contributed by atoms with Gasteiger partial charge in [-0.1, -0.05) is 75.4 Å². The summed E-state index contributed by atoms with van der Waals surface area (Å²) in [5.74, 6) is 0.328. The number of carbonyl (C=O) groups is 1. The maximum atomic E-state index is 12.9. The normalized spacial score (nSPS) is 11.7. The molecule has 1 amide bonds. The lowest BCUT2D eigenvalue weighted by atomic mass is 9.86. The molecular weight excluding hydrogens is 460 g/mol. The third-order valence-electron chi connectivity index (χ3n) is 5.54. The number of carbonyl (C=O) groups excluding carboxylic acids is 1. The molecule has 0 saturated carbocycles. The van der Waals surface area contributed by atoms with Gasteiger partial charge in [0.1, 0.15) is 5.75 Å². The second-order valence-corrected chi connectivity index (χ2v) is 10.9. The van der Waals surface area contributed by atoms with E-state index in [0.717, 1.165) is 16.3 Å². The predicted octanol–water partition coefficient (Wildman–Crippen LogP) is 5.96. The minimum atomic E-state index is -3.80. The van der Waals surface area contributed by atoms with E-state index in [1.54, 1.807) is 24.3 Å². The van der Waals surface area contributed by atoms with Gasteiger partial charge in [-0.2, -0.15) is 0 Å². The largest absolute Gasteiger partial charge is 0.483 e. The minimum Gasteiger partial charge on any atom is -0.483 e. The lowest BCUT2D eigenvalue weighted by Gasteiger charge is -2.22. The third kappa shape index (κ3) is 5.81. The average Bonchev–Trinajstić information content (AvgIpc) is 2.83. The molecular formula is C28H28N2O4S. The molecule has 180 valence electrons. The van der Waals surface area contributed by atoms with Crippen LogP contribution in [0.15, 0.2) is 95.9 Å². The first-order chi connectivity index (χ1) is 16.6. The number of hydrogen-bond donors (Lipinski definition) is 2. The number of anilines is 2. The average molecular weight is 489 g/mol. The van der Waals surface area contributed by atoms with Crippen LogP contribution in [0.4, 0.5) is 11.4 Å². The Labute approximate surface area is 206 Å². The SMILES string of the molecule is CC(C)(C)c1ccccc1OCC(=O)Nc1ccc(S(=O)(=O)Nc2cccc3ccccc23)cc1. The summed E-state index contributed by atoms with van der Waals surface area (Å²) in [6.45, 7) is 6.09. The van der Waals surface area contributed by atoms with Crippen molar-refractivity contribution in [3.63, 3.8) is 0 Å². The van der Waals surface area contributed by atoms with E-state index in [9.17, 15) is 13.2 Å². The van der Waals surface area contributed by atoms with Crippen molar-refractivity contribution >= 4 is 38.1 Å². The zero-order valence-corrected chi connectivity index (χ0v) is 20.7. The molecule has 0 aliphatic heterocycles. The number of para-hydroxylation sites is 1. The van der Waals surface area contributed by atoms with Crippen LogP contribution in [-0.4, -0.2) is 20.9 Å². The van der Waals surface area contributed by atoms with Gasteiger partial charge in [0.2, 0.25) is 0 Å². The fraction of sp³-hybridized carbons (Fsp3) is 0.179. The van der Waals surface area contributed by atoms with Crippen LogP contribution >= 0.6 is 0 Å². The predicted molar refractivity (Wildman–Crippen MR) is 140 cm³/mol. The Morgan fingerprint density at radius 2 is 1.49 bits per heavy atom. The summed E-state index contributed by atoms with van der Waals surface area (Å²) in [7, 11) is -3.80. The molecule has 0 saturated heterocycles. The van der Waals surface area contributed by atoms with E-state index in [-0.39, 0.29) is 22.8 Å². The van der Waals surface area contributed by atoms with E-state index in [4.69, 9.17) is 4.74 Å². The molecule has 0 bridgehead atoms. The Morgan fingerprint density at radius 1 is 0.829 bits per heavy atom. The Balaban J connectivity index is 1.41. The fourth-order valence-corrected chi connectivity index (χ4v) is 4.87. The van der Waals surface area contributed by atoms with Gasteiger partial charge in [0.25, 0.3) is 15.9 Å². The highest BCUT2D eigenvalue weighted by atomic mass is 32.2. The van der Waals surface area contributed by atoms with Gasteiger partial charge >= 0.3 is 0 Å². The van der Waals surface area contributed by atoms with Gasteiger partial charge in [0.05, 0.1) is 10.6 Å².